The number of carboxylic acids is 1. The van der Waals surface area contributed by atoms with E-state index in [-0.39, 0.29) is 23.6 Å². The molecule has 5 nitrogen and oxygen atoms in total. The molecule has 20 heavy (non-hydrogen) atoms. The average Bonchev–Trinajstić information content (AvgIpc) is 2.48. The smallest absolute Gasteiger partial charge is 0.317 e. The van der Waals surface area contributed by atoms with Gasteiger partial charge in [0.2, 0.25) is 0 Å². The van der Waals surface area contributed by atoms with Crippen LogP contribution in [0.25, 0.3) is 21.8 Å². The summed E-state index contributed by atoms with van der Waals surface area (Å²) in [7, 11) is 0. The maximum Gasteiger partial charge on any atom is 0.317 e. The van der Waals surface area contributed by atoms with Gasteiger partial charge in [0.25, 0.3) is 0 Å². The normalized spacial score (nSPS) is 9.45. The SMILES string of the molecule is NCC(=O)O.[Cu].c1cnc2c(c1)ccc1ncccc12. The molecule has 107 valence electrons. The van der Waals surface area contributed by atoms with Gasteiger partial charge in [0.05, 0.1) is 17.6 Å². The van der Waals surface area contributed by atoms with E-state index in [2.05, 4.69) is 33.9 Å². The van der Waals surface area contributed by atoms with Crippen molar-refractivity contribution in [3.8, 4) is 0 Å². The number of carboxylic acid groups (broad SMARTS) is 1. The summed E-state index contributed by atoms with van der Waals surface area (Å²) >= 11 is 0. The van der Waals surface area contributed by atoms with E-state index in [1.54, 1.807) is 6.20 Å². The van der Waals surface area contributed by atoms with E-state index in [9.17, 15) is 4.79 Å². The molecule has 0 aliphatic rings. The molecule has 3 rings (SSSR count). The first-order valence-corrected chi connectivity index (χ1v) is 5.72. The zero-order valence-electron chi connectivity index (χ0n) is 10.5. The van der Waals surface area contributed by atoms with Gasteiger partial charge in [0, 0.05) is 40.2 Å². The molecule has 2 heterocycles. The second-order valence-electron chi connectivity index (χ2n) is 3.81. The minimum atomic E-state index is -0.968. The molecule has 0 atom stereocenters. The third-order valence-electron chi connectivity index (χ3n) is 2.53. The summed E-state index contributed by atoms with van der Waals surface area (Å²) in [5, 5.41) is 9.87. The molecule has 0 spiro atoms. The summed E-state index contributed by atoms with van der Waals surface area (Å²) < 4.78 is 0. The standard InChI is InChI=1S/C12H8N2.C2H5NO2.Cu/c1-3-9-5-6-11-10(4-2-7-13-11)12(9)14-8-1;3-1-2(4)5;/h1-8H;1,3H2,(H,4,5);. The predicted molar refractivity (Wildman–Crippen MR) is 73.7 cm³/mol. The van der Waals surface area contributed by atoms with Crippen molar-refractivity contribution in [1.29, 1.82) is 0 Å². The van der Waals surface area contributed by atoms with Crippen molar-refractivity contribution in [2.24, 2.45) is 5.73 Å². The Labute approximate surface area is 126 Å². The van der Waals surface area contributed by atoms with E-state index >= 15 is 0 Å². The molecule has 0 aliphatic heterocycles. The van der Waals surface area contributed by atoms with Crippen molar-refractivity contribution in [1.82, 2.24) is 9.97 Å². The summed E-state index contributed by atoms with van der Waals surface area (Å²) in [6.45, 7) is -0.278. The van der Waals surface area contributed by atoms with Gasteiger partial charge in [-0.05, 0) is 24.3 Å². The van der Waals surface area contributed by atoms with Gasteiger partial charge in [-0.25, -0.2) is 0 Å². The van der Waals surface area contributed by atoms with Crippen LogP contribution in [0.1, 0.15) is 0 Å². The Bertz CT molecular complexity index is 664. The van der Waals surface area contributed by atoms with Crippen molar-refractivity contribution in [3.05, 3.63) is 48.8 Å². The Morgan fingerprint density at radius 2 is 1.75 bits per heavy atom. The number of fused-ring (bicyclic) bond motifs is 3. The number of aliphatic carboxylic acids is 1. The van der Waals surface area contributed by atoms with Gasteiger partial charge >= 0.3 is 5.97 Å². The van der Waals surface area contributed by atoms with Crippen molar-refractivity contribution in [2.45, 2.75) is 0 Å². The zero-order chi connectivity index (χ0) is 13.7. The number of nitrogens with zero attached hydrogens (tertiary/aromatic N) is 2. The minimum Gasteiger partial charge on any atom is -0.480 e. The number of hydrogen-bond donors (Lipinski definition) is 2. The maximum absolute atomic E-state index is 9.24. The number of benzene rings is 1. The van der Waals surface area contributed by atoms with Crippen LogP contribution < -0.4 is 5.73 Å². The van der Waals surface area contributed by atoms with E-state index in [1.807, 2.05) is 24.4 Å². The third kappa shape index (κ3) is 3.74. The number of hydrogen-bond acceptors (Lipinski definition) is 4. The molecule has 0 saturated carbocycles. The fourth-order valence-corrected chi connectivity index (χ4v) is 1.70. The van der Waals surface area contributed by atoms with E-state index in [1.165, 1.54) is 0 Å². The molecule has 3 aromatic rings. The van der Waals surface area contributed by atoms with Crippen molar-refractivity contribution >= 4 is 27.8 Å². The third-order valence-corrected chi connectivity index (χ3v) is 2.53. The van der Waals surface area contributed by atoms with Gasteiger partial charge in [0.1, 0.15) is 0 Å². The first-order valence-electron chi connectivity index (χ1n) is 5.72. The van der Waals surface area contributed by atoms with Crippen LogP contribution in [-0.4, -0.2) is 27.6 Å². The van der Waals surface area contributed by atoms with Gasteiger partial charge < -0.3 is 10.8 Å². The summed E-state index contributed by atoms with van der Waals surface area (Å²) in [6.07, 6.45) is 3.62. The first kappa shape index (κ1) is 16.0. The first-order chi connectivity index (χ1) is 9.22. The van der Waals surface area contributed by atoms with Gasteiger partial charge in [-0.2, -0.15) is 0 Å². The Hall–Kier alpha value is -2.01. The van der Waals surface area contributed by atoms with Crippen LogP contribution in [0.4, 0.5) is 0 Å². The Balaban J connectivity index is 0.000000293. The molecule has 2 aromatic heterocycles. The molecular weight excluding hydrogens is 306 g/mol. The van der Waals surface area contributed by atoms with Crippen LogP contribution in [-0.2, 0) is 21.9 Å². The van der Waals surface area contributed by atoms with Crippen LogP contribution in [0.2, 0.25) is 0 Å². The van der Waals surface area contributed by atoms with Gasteiger partial charge in [-0.1, -0.05) is 12.1 Å². The summed E-state index contributed by atoms with van der Waals surface area (Å²) in [5.74, 6) is -0.968. The van der Waals surface area contributed by atoms with Crippen molar-refractivity contribution < 1.29 is 27.0 Å². The fourth-order valence-electron chi connectivity index (χ4n) is 1.70. The van der Waals surface area contributed by atoms with Crippen LogP contribution in [0, 0.1) is 0 Å². The molecule has 0 saturated heterocycles. The van der Waals surface area contributed by atoms with E-state index in [4.69, 9.17) is 5.11 Å². The average molecular weight is 319 g/mol. The van der Waals surface area contributed by atoms with Crippen molar-refractivity contribution in [2.75, 3.05) is 6.54 Å². The van der Waals surface area contributed by atoms with Gasteiger partial charge in [-0.15, -0.1) is 0 Å². The topological polar surface area (TPSA) is 89.1 Å². The van der Waals surface area contributed by atoms with Crippen molar-refractivity contribution in [3.63, 3.8) is 0 Å². The van der Waals surface area contributed by atoms with E-state index in [0.29, 0.717) is 0 Å². The molecule has 0 unspecified atom stereocenters. The number of aromatic nitrogens is 2. The molecule has 1 radical (unpaired) electrons. The van der Waals surface area contributed by atoms with Gasteiger partial charge in [0.15, 0.2) is 0 Å². The molecule has 1 aromatic carbocycles. The molecule has 0 amide bonds. The Kier molecular flexibility index (Phi) is 6.06. The minimum absolute atomic E-state index is 0. The monoisotopic (exact) mass is 318 g/mol. The summed E-state index contributed by atoms with van der Waals surface area (Å²) in [6, 6.07) is 12.1. The van der Waals surface area contributed by atoms with Gasteiger partial charge in [-0.3, -0.25) is 14.8 Å². The maximum atomic E-state index is 9.24. The largest absolute Gasteiger partial charge is 0.480 e. The second kappa shape index (κ2) is 7.55. The molecule has 6 heteroatoms. The van der Waals surface area contributed by atoms with Crippen LogP contribution in [0.15, 0.2) is 48.8 Å². The second-order valence-corrected chi connectivity index (χ2v) is 3.81. The van der Waals surface area contributed by atoms with Crippen LogP contribution >= 0.6 is 0 Å². The van der Waals surface area contributed by atoms with Crippen LogP contribution in [0.3, 0.4) is 0 Å². The molecule has 0 bridgehead atoms. The Morgan fingerprint density at radius 1 is 1.10 bits per heavy atom. The molecular formula is C14H13CuN3O2. The summed E-state index contributed by atoms with van der Waals surface area (Å²) in [5.41, 5.74) is 6.60. The molecule has 0 fully saturated rings. The number of nitrogens with two attached hydrogens (primary N) is 1. The number of carbonyl (C=O) groups is 1. The van der Waals surface area contributed by atoms with Crippen LogP contribution in [0.5, 0.6) is 0 Å². The zero-order valence-corrected chi connectivity index (χ0v) is 11.4. The fraction of sp³-hybridized carbons (Fsp3) is 0.0714. The molecule has 3 N–H and O–H groups in total. The van der Waals surface area contributed by atoms with E-state index in [0.717, 1.165) is 21.8 Å². The van der Waals surface area contributed by atoms with E-state index < -0.39 is 5.97 Å². The molecule has 0 aliphatic carbocycles. The number of rotatable bonds is 1. The summed E-state index contributed by atoms with van der Waals surface area (Å²) in [4.78, 5) is 17.9. The number of pyridine rings is 2. The quantitative estimate of drug-likeness (QED) is 0.527. The predicted octanol–water partition coefficient (Wildman–Crippen LogP) is 1.81. The Morgan fingerprint density at radius 3 is 2.45 bits per heavy atom.